The molecular weight excluding hydrogens is 347 g/mol. The highest BCUT2D eigenvalue weighted by atomic mass is 35.5. The van der Waals surface area contributed by atoms with E-state index in [-0.39, 0.29) is 16.5 Å². The van der Waals surface area contributed by atoms with Crippen LogP contribution < -0.4 is 10.2 Å². The van der Waals surface area contributed by atoms with Crippen molar-refractivity contribution in [1.29, 1.82) is 0 Å². The van der Waals surface area contributed by atoms with E-state index in [1.807, 2.05) is 4.90 Å². The lowest BCUT2D eigenvalue weighted by molar-refractivity contribution is 0.0934. The lowest BCUT2D eigenvalue weighted by Crippen LogP contribution is -2.38. The van der Waals surface area contributed by atoms with Crippen molar-refractivity contribution in [3.63, 3.8) is 0 Å². The first kappa shape index (κ1) is 17.6. The number of rotatable bonds is 4. The molecule has 0 unspecified atom stereocenters. The Morgan fingerprint density at radius 1 is 1.36 bits per heavy atom. The smallest absolute Gasteiger partial charge is 0.272 e. The largest absolute Gasteiger partial charge is 0.378 e. The third kappa shape index (κ3) is 4.05. The van der Waals surface area contributed by atoms with Crippen molar-refractivity contribution in [2.24, 2.45) is 0 Å². The van der Waals surface area contributed by atoms with E-state index >= 15 is 0 Å². The summed E-state index contributed by atoms with van der Waals surface area (Å²) in [5.41, 5.74) is 0.468. The summed E-state index contributed by atoms with van der Waals surface area (Å²) >= 11 is 6.09. The predicted molar refractivity (Wildman–Crippen MR) is 92.4 cm³/mol. The molecular formula is C17H18ClFN4O2. The van der Waals surface area contributed by atoms with Crippen molar-refractivity contribution in [1.82, 2.24) is 15.3 Å². The van der Waals surface area contributed by atoms with Crippen LogP contribution in [-0.4, -0.2) is 42.2 Å². The van der Waals surface area contributed by atoms with Crippen LogP contribution in [0.25, 0.3) is 0 Å². The Labute approximate surface area is 150 Å². The first-order valence-electron chi connectivity index (χ1n) is 7.97. The number of carbonyl (C=O) groups excluding carboxylic acids is 1. The van der Waals surface area contributed by atoms with Crippen molar-refractivity contribution in [3.05, 3.63) is 52.6 Å². The lowest BCUT2D eigenvalue weighted by atomic mass is 10.1. The number of anilines is 1. The highest BCUT2D eigenvalue weighted by Gasteiger charge is 2.21. The number of hydrogen-bond donors (Lipinski definition) is 1. The quantitative estimate of drug-likeness (QED) is 0.903. The van der Waals surface area contributed by atoms with Crippen LogP contribution in [0, 0.1) is 5.82 Å². The van der Waals surface area contributed by atoms with Crippen molar-refractivity contribution < 1.29 is 13.9 Å². The van der Waals surface area contributed by atoms with Gasteiger partial charge in [-0.1, -0.05) is 29.8 Å². The molecule has 25 heavy (non-hydrogen) atoms. The van der Waals surface area contributed by atoms with Crippen molar-refractivity contribution >= 4 is 23.5 Å². The second-order valence-electron chi connectivity index (χ2n) is 5.68. The predicted octanol–water partition coefficient (Wildman–Crippen LogP) is 2.60. The van der Waals surface area contributed by atoms with Crippen LogP contribution in [0.1, 0.15) is 29.0 Å². The van der Waals surface area contributed by atoms with Crippen LogP contribution in [0.2, 0.25) is 5.02 Å². The van der Waals surface area contributed by atoms with E-state index in [2.05, 4.69) is 15.3 Å². The van der Waals surface area contributed by atoms with Gasteiger partial charge in [0.1, 0.15) is 5.82 Å². The number of halogens is 2. The summed E-state index contributed by atoms with van der Waals surface area (Å²) < 4.78 is 19.2. The van der Waals surface area contributed by atoms with Crippen molar-refractivity contribution in [2.45, 2.75) is 13.0 Å². The van der Waals surface area contributed by atoms with Gasteiger partial charge in [-0.15, -0.1) is 0 Å². The number of nitrogens with zero attached hydrogens (tertiary/aromatic N) is 3. The van der Waals surface area contributed by atoms with E-state index in [9.17, 15) is 9.18 Å². The summed E-state index contributed by atoms with van der Waals surface area (Å²) in [6.45, 7) is 4.16. The van der Waals surface area contributed by atoms with E-state index in [0.717, 1.165) is 0 Å². The van der Waals surface area contributed by atoms with Gasteiger partial charge in [-0.05, 0) is 13.0 Å². The Morgan fingerprint density at radius 2 is 2.08 bits per heavy atom. The molecule has 0 bridgehead atoms. The second kappa shape index (κ2) is 7.76. The molecule has 1 aromatic carbocycles. The molecule has 2 aromatic rings. The Hall–Kier alpha value is -2.25. The number of morpholine rings is 1. The SMILES string of the molecule is C[C@@H](NC(=O)c1nc(N2CCOCC2)ncc1Cl)c1ccccc1F. The van der Waals surface area contributed by atoms with Gasteiger partial charge in [0.25, 0.3) is 5.91 Å². The molecule has 6 nitrogen and oxygen atoms in total. The van der Waals surface area contributed by atoms with Crippen LogP contribution in [0.5, 0.6) is 0 Å². The minimum absolute atomic E-state index is 0.0707. The molecule has 1 fully saturated rings. The molecule has 3 rings (SSSR count). The first-order valence-corrected chi connectivity index (χ1v) is 8.34. The van der Waals surface area contributed by atoms with Crippen LogP contribution in [-0.2, 0) is 4.74 Å². The molecule has 1 aromatic heterocycles. The standard InChI is InChI=1S/C17H18ClFN4O2/c1-11(12-4-2-3-5-14(12)19)21-16(24)15-13(18)10-20-17(22-15)23-6-8-25-9-7-23/h2-5,10-11H,6-9H2,1H3,(H,21,24)/t11-/m1/s1. The van der Waals surface area contributed by atoms with Crippen molar-refractivity contribution in [3.8, 4) is 0 Å². The topological polar surface area (TPSA) is 67.4 Å². The maximum Gasteiger partial charge on any atom is 0.272 e. The zero-order chi connectivity index (χ0) is 17.8. The van der Waals surface area contributed by atoms with Crippen LogP contribution in [0.3, 0.4) is 0 Å². The summed E-state index contributed by atoms with van der Waals surface area (Å²) in [6, 6.07) is 5.78. The summed E-state index contributed by atoms with van der Waals surface area (Å²) in [7, 11) is 0. The maximum atomic E-state index is 13.9. The molecule has 1 saturated heterocycles. The molecule has 1 amide bonds. The third-order valence-corrected chi connectivity index (χ3v) is 4.24. The van der Waals surface area contributed by atoms with Gasteiger partial charge in [-0.25, -0.2) is 14.4 Å². The highest BCUT2D eigenvalue weighted by molar-refractivity contribution is 6.33. The fraction of sp³-hybridized carbons (Fsp3) is 0.353. The van der Waals surface area contributed by atoms with Crippen LogP contribution >= 0.6 is 11.6 Å². The van der Waals surface area contributed by atoms with E-state index in [1.54, 1.807) is 25.1 Å². The van der Waals surface area contributed by atoms with Gasteiger partial charge in [0.2, 0.25) is 5.95 Å². The maximum absolute atomic E-state index is 13.9. The highest BCUT2D eigenvalue weighted by Crippen LogP contribution is 2.20. The minimum atomic E-state index is -0.522. The van der Waals surface area contributed by atoms with Gasteiger partial charge in [-0.2, -0.15) is 0 Å². The average Bonchev–Trinajstić information content (AvgIpc) is 2.63. The molecule has 0 aliphatic carbocycles. The number of ether oxygens (including phenoxy) is 1. The lowest BCUT2D eigenvalue weighted by Gasteiger charge is -2.27. The second-order valence-corrected chi connectivity index (χ2v) is 6.09. The Bertz CT molecular complexity index is 768. The van der Waals surface area contributed by atoms with Gasteiger partial charge in [0, 0.05) is 18.7 Å². The van der Waals surface area contributed by atoms with Gasteiger partial charge in [-0.3, -0.25) is 4.79 Å². The Balaban J connectivity index is 1.78. The summed E-state index contributed by atoms with van der Waals surface area (Å²) in [5, 5.41) is 2.88. The minimum Gasteiger partial charge on any atom is -0.378 e. The number of amides is 1. The Kier molecular flexibility index (Phi) is 5.45. The molecule has 0 saturated carbocycles. The molecule has 2 heterocycles. The third-order valence-electron chi connectivity index (χ3n) is 3.96. The normalized spacial score (nSPS) is 15.7. The van der Waals surface area contributed by atoms with E-state index < -0.39 is 11.9 Å². The number of nitrogens with one attached hydrogen (secondary N) is 1. The number of hydrogen-bond acceptors (Lipinski definition) is 5. The average molecular weight is 365 g/mol. The molecule has 1 N–H and O–H groups in total. The fourth-order valence-corrected chi connectivity index (χ4v) is 2.78. The molecule has 0 radical (unpaired) electrons. The summed E-state index contributed by atoms with van der Waals surface area (Å²) in [4.78, 5) is 22.9. The molecule has 1 aliphatic rings. The van der Waals surface area contributed by atoms with Gasteiger partial charge in [0.05, 0.1) is 30.5 Å². The monoisotopic (exact) mass is 364 g/mol. The number of benzene rings is 1. The van der Waals surface area contributed by atoms with Crippen LogP contribution in [0.4, 0.5) is 10.3 Å². The van der Waals surface area contributed by atoms with E-state index in [1.165, 1.54) is 12.3 Å². The van der Waals surface area contributed by atoms with E-state index in [0.29, 0.717) is 37.8 Å². The molecule has 1 aliphatic heterocycles. The van der Waals surface area contributed by atoms with Gasteiger partial charge < -0.3 is 15.0 Å². The van der Waals surface area contributed by atoms with Gasteiger partial charge >= 0.3 is 0 Å². The molecule has 0 spiro atoms. The first-order chi connectivity index (χ1) is 12.1. The number of aromatic nitrogens is 2. The van der Waals surface area contributed by atoms with Gasteiger partial charge in [0.15, 0.2) is 5.69 Å². The summed E-state index contributed by atoms with van der Waals surface area (Å²) in [6.07, 6.45) is 1.40. The number of carbonyl (C=O) groups is 1. The molecule has 132 valence electrons. The Morgan fingerprint density at radius 3 is 2.80 bits per heavy atom. The summed E-state index contributed by atoms with van der Waals surface area (Å²) in [5.74, 6) is -0.424. The fourth-order valence-electron chi connectivity index (χ4n) is 2.60. The van der Waals surface area contributed by atoms with Crippen LogP contribution in [0.15, 0.2) is 30.5 Å². The molecule has 8 heteroatoms. The zero-order valence-corrected chi connectivity index (χ0v) is 14.5. The zero-order valence-electron chi connectivity index (χ0n) is 13.7. The van der Waals surface area contributed by atoms with E-state index in [4.69, 9.17) is 16.3 Å². The molecule has 1 atom stereocenters. The van der Waals surface area contributed by atoms with Crippen molar-refractivity contribution in [2.75, 3.05) is 31.2 Å².